The van der Waals surface area contributed by atoms with Crippen molar-refractivity contribution in [1.82, 2.24) is 5.32 Å². The zero-order valence-electron chi connectivity index (χ0n) is 16.4. The van der Waals surface area contributed by atoms with E-state index in [2.05, 4.69) is 10.6 Å². The van der Waals surface area contributed by atoms with Gasteiger partial charge in [-0.3, -0.25) is 19.7 Å². The molecule has 0 bridgehead atoms. The van der Waals surface area contributed by atoms with Crippen molar-refractivity contribution in [3.8, 4) is 5.75 Å². The number of para-hydroxylation sites is 2. The van der Waals surface area contributed by atoms with Crippen LogP contribution in [0.2, 0.25) is 0 Å². The first-order valence-corrected chi connectivity index (χ1v) is 9.08. The Balaban J connectivity index is 1.85. The Hall–Kier alpha value is -3.62. The number of nitrogens with zero attached hydrogens (tertiary/aromatic N) is 2. The van der Waals surface area contributed by atoms with Crippen molar-refractivity contribution >= 4 is 28.9 Å². The number of fused-ring (bicyclic) bond motifs is 1. The fraction of sp³-hybridized carbons (Fsp3) is 0.300. The first kappa shape index (κ1) is 20.1. The van der Waals surface area contributed by atoms with Crippen LogP contribution in [0.1, 0.15) is 11.1 Å². The number of nitrogens with one attached hydrogen (secondary N) is 2. The number of hydrogen-bond acceptors (Lipinski definition) is 6. The van der Waals surface area contributed by atoms with E-state index in [9.17, 15) is 19.7 Å². The standard InChI is InChI=1S/C20H22N4O5/c1-12-8-9-15(24(27)28)19(13(12)2)22-18(25)11-23-10-17(20(26)21-3)29-16-7-5-4-6-14(16)23/h4-9,17H,10-11H2,1-3H3,(H,21,26)(H,22,25). The Kier molecular flexibility index (Phi) is 5.67. The van der Waals surface area contributed by atoms with Crippen LogP contribution in [0.15, 0.2) is 36.4 Å². The van der Waals surface area contributed by atoms with Crippen molar-refractivity contribution < 1.29 is 19.2 Å². The molecule has 0 saturated carbocycles. The van der Waals surface area contributed by atoms with Crippen molar-refractivity contribution in [2.24, 2.45) is 0 Å². The summed E-state index contributed by atoms with van der Waals surface area (Å²) in [5.74, 6) is -0.220. The number of anilines is 2. The van der Waals surface area contributed by atoms with Crippen LogP contribution in [0.4, 0.5) is 17.1 Å². The van der Waals surface area contributed by atoms with E-state index >= 15 is 0 Å². The second kappa shape index (κ2) is 8.17. The molecule has 1 atom stereocenters. The lowest BCUT2D eigenvalue weighted by Gasteiger charge is -2.35. The van der Waals surface area contributed by atoms with E-state index in [-0.39, 0.29) is 30.4 Å². The molecule has 0 spiro atoms. The molecule has 0 radical (unpaired) electrons. The summed E-state index contributed by atoms with van der Waals surface area (Å²) < 4.78 is 5.73. The lowest BCUT2D eigenvalue weighted by atomic mass is 10.1. The highest BCUT2D eigenvalue weighted by molar-refractivity contribution is 5.97. The quantitative estimate of drug-likeness (QED) is 0.589. The van der Waals surface area contributed by atoms with Crippen LogP contribution in [0.25, 0.3) is 0 Å². The molecule has 1 unspecified atom stereocenters. The Morgan fingerprint density at radius 1 is 1.24 bits per heavy atom. The van der Waals surface area contributed by atoms with Gasteiger partial charge in [-0.1, -0.05) is 18.2 Å². The van der Waals surface area contributed by atoms with Gasteiger partial charge in [-0.2, -0.15) is 0 Å². The van der Waals surface area contributed by atoms with Crippen molar-refractivity contribution in [1.29, 1.82) is 0 Å². The fourth-order valence-electron chi connectivity index (χ4n) is 3.22. The summed E-state index contributed by atoms with van der Waals surface area (Å²) in [6, 6.07) is 10.1. The van der Waals surface area contributed by atoms with E-state index in [0.717, 1.165) is 5.56 Å². The highest BCUT2D eigenvalue weighted by atomic mass is 16.6. The van der Waals surface area contributed by atoms with Gasteiger partial charge in [0.2, 0.25) is 5.91 Å². The smallest absolute Gasteiger partial charge is 0.293 e. The molecular weight excluding hydrogens is 376 g/mol. The molecule has 9 nitrogen and oxygen atoms in total. The number of carbonyl (C=O) groups is 2. The van der Waals surface area contributed by atoms with Crippen LogP contribution >= 0.6 is 0 Å². The maximum atomic E-state index is 12.8. The number of rotatable bonds is 5. The molecule has 0 aromatic heterocycles. The molecule has 9 heteroatoms. The lowest BCUT2D eigenvalue weighted by molar-refractivity contribution is -0.384. The summed E-state index contributed by atoms with van der Waals surface area (Å²) >= 11 is 0. The van der Waals surface area contributed by atoms with Gasteiger partial charge in [0.15, 0.2) is 6.10 Å². The van der Waals surface area contributed by atoms with Gasteiger partial charge in [0.05, 0.1) is 23.7 Å². The van der Waals surface area contributed by atoms with Crippen LogP contribution in [-0.4, -0.2) is 43.0 Å². The Morgan fingerprint density at radius 2 is 1.97 bits per heavy atom. The van der Waals surface area contributed by atoms with Crippen molar-refractivity contribution in [3.63, 3.8) is 0 Å². The average molecular weight is 398 g/mol. The number of benzene rings is 2. The van der Waals surface area contributed by atoms with Crippen LogP contribution in [0.3, 0.4) is 0 Å². The number of nitro benzene ring substituents is 1. The first-order valence-electron chi connectivity index (χ1n) is 9.08. The number of amides is 2. The summed E-state index contributed by atoms with van der Waals surface area (Å²) in [7, 11) is 1.52. The van der Waals surface area contributed by atoms with Gasteiger partial charge >= 0.3 is 0 Å². The highest BCUT2D eigenvalue weighted by Gasteiger charge is 2.31. The Labute approximate surface area is 167 Å². The number of aryl methyl sites for hydroxylation is 1. The summed E-state index contributed by atoms with van der Waals surface area (Å²) in [6.07, 6.45) is -0.766. The summed E-state index contributed by atoms with van der Waals surface area (Å²) in [5.41, 5.74) is 2.18. The third-order valence-corrected chi connectivity index (χ3v) is 4.91. The summed E-state index contributed by atoms with van der Waals surface area (Å²) in [5, 5.41) is 16.6. The third-order valence-electron chi connectivity index (χ3n) is 4.91. The molecular formula is C20H22N4O5. The topological polar surface area (TPSA) is 114 Å². The van der Waals surface area contributed by atoms with E-state index in [1.54, 1.807) is 36.1 Å². The Bertz CT molecular complexity index is 975. The maximum absolute atomic E-state index is 12.8. The van der Waals surface area contributed by atoms with Crippen LogP contribution in [0, 0.1) is 24.0 Å². The molecule has 0 aliphatic carbocycles. The minimum Gasteiger partial charge on any atom is -0.477 e. The molecule has 152 valence electrons. The van der Waals surface area contributed by atoms with Gasteiger partial charge in [0.25, 0.3) is 11.6 Å². The minimum absolute atomic E-state index is 0.0849. The zero-order chi connectivity index (χ0) is 21.1. The maximum Gasteiger partial charge on any atom is 0.293 e. The predicted molar refractivity (Wildman–Crippen MR) is 108 cm³/mol. The van der Waals surface area contributed by atoms with Gasteiger partial charge in [-0.25, -0.2) is 0 Å². The molecule has 0 saturated heterocycles. The van der Waals surface area contributed by atoms with Crippen LogP contribution in [0.5, 0.6) is 5.75 Å². The summed E-state index contributed by atoms with van der Waals surface area (Å²) in [6.45, 7) is 3.64. The lowest BCUT2D eigenvalue weighted by Crippen LogP contribution is -2.50. The second-order valence-corrected chi connectivity index (χ2v) is 6.78. The largest absolute Gasteiger partial charge is 0.477 e. The predicted octanol–water partition coefficient (Wildman–Crippen LogP) is 2.16. The Morgan fingerprint density at radius 3 is 2.66 bits per heavy atom. The molecule has 2 amide bonds. The minimum atomic E-state index is -0.766. The van der Waals surface area contributed by atoms with E-state index in [0.29, 0.717) is 17.0 Å². The number of hydrogen-bond donors (Lipinski definition) is 2. The highest BCUT2D eigenvalue weighted by Crippen LogP contribution is 2.34. The van der Waals surface area contributed by atoms with Gasteiger partial charge in [-0.05, 0) is 37.1 Å². The monoisotopic (exact) mass is 398 g/mol. The van der Waals surface area contributed by atoms with Gasteiger partial charge in [-0.15, -0.1) is 0 Å². The number of ether oxygens (including phenoxy) is 1. The average Bonchev–Trinajstić information content (AvgIpc) is 2.70. The molecule has 1 aliphatic heterocycles. The van der Waals surface area contributed by atoms with Gasteiger partial charge in [0.1, 0.15) is 11.4 Å². The number of carbonyl (C=O) groups excluding carboxylic acids is 2. The van der Waals surface area contributed by atoms with E-state index in [1.807, 2.05) is 13.0 Å². The summed E-state index contributed by atoms with van der Waals surface area (Å²) in [4.78, 5) is 37.4. The van der Waals surface area contributed by atoms with Crippen molar-refractivity contribution in [2.45, 2.75) is 20.0 Å². The molecule has 1 aliphatic rings. The number of likely N-dealkylation sites (N-methyl/N-ethyl adjacent to an activating group) is 1. The molecule has 3 rings (SSSR count). The number of nitro groups is 1. The van der Waals surface area contributed by atoms with E-state index < -0.39 is 16.9 Å². The van der Waals surface area contributed by atoms with Gasteiger partial charge < -0.3 is 20.3 Å². The SMILES string of the molecule is CNC(=O)C1CN(CC(=O)Nc2c([N+](=O)[O-])ccc(C)c2C)c2ccccc2O1. The van der Waals surface area contributed by atoms with Crippen molar-refractivity contribution in [3.05, 3.63) is 57.6 Å². The molecule has 1 heterocycles. The fourth-order valence-corrected chi connectivity index (χ4v) is 3.22. The molecule has 29 heavy (non-hydrogen) atoms. The van der Waals surface area contributed by atoms with Gasteiger partial charge in [0, 0.05) is 13.1 Å². The second-order valence-electron chi connectivity index (χ2n) is 6.78. The van der Waals surface area contributed by atoms with Crippen LogP contribution in [-0.2, 0) is 9.59 Å². The molecule has 2 aromatic carbocycles. The van der Waals surface area contributed by atoms with Crippen LogP contribution < -0.4 is 20.3 Å². The van der Waals surface area contributed by atoms with Crippen molar-refractivity contribution in [2.75, 3.05) is 30.4 Å². The van der Waals surface area contributed by atoms with E-state index in [1.165, 1.54) is 13.1 Å². The molecule has 2 aromatic rings. The van der Waals surface area contributed by atoms with E-state index in [4.69, 9.17) is 4.74 Å². The molecule has 0 fully saturated rings. The first-order chi connectivity index (χ1) is 13.8. The zero-order valence-corrected chi connectivity index (χ0v) is 16.4. The normalized spacial score (nSPS) is 15.1. The third kappa shape index (κ3) is 4.13. The molecule has 2 N–H and O–H groups in total.